The molecule has 2 heterocycles. The Kier molecular flexibility index (Phi) is 7.64. The molecule has 1 aromatic carbocycles. The van der Waals surface area contributed by atoms with E-state index >= 15 is 0 Å². The lowest BCUT2D eigenvalue weighted by atomic mass is 9.92. The predicted molar refractivity (Wildman–Crippen MR) is 124 cm³/mol. The van der Waals surface area contributed by atoms with E-state index in [4.69, 9.17) is 9.47 Å². The van der Waals surface area contributed by atoms with Crippen molar-refractivity contribution in [3.05, 3.63) is 35.4 Å². The third-order valence-corrected chi connectivity index (χ3v) is 7.67. The second-order valence-corrected chi connectivity index (χ2v) is 10.1. The van der Waals surface area contributed by atoms with Gasteiger partial charge in [-0.3, -0.25) is 14.5 Å². The van der Waals surface area contributed by atoms with Crippen LogP contribution in [0.15, 0.2) is 24.3 Å². The van der Waals surface area contributed by atoms with Crippen molar-refractivity contribution in [1.29, 1.82) is 0 Å². The van der Waals surface area contributed by atoms with Gasteiger partial charge >= 0.3 is 18.1 Å². The maximum Gasteiger partial charge on any atom is 0.490 e. The van der Waals surface area contributed by atoms with Crippen LogP contribution in [-0.2, 0) is 24.5 Å². The van der Waals surface area contributed by atoms with Gasteiger partial charge in [0.15, 0.2) is 6.23 Å². The van der Waals surface area contributed by atoms with Gasteiger partial charge in [-0.15, -0.1) is 0 Å². The van der Waals surface area contributed by atoms with Gasteiger partial charge in [0.2, 0.25) is 0 Å². The number of amides is 1. The summed E-state index contributed by atoms with van der Waals surface area (Å²) < 4.78 is 48.5. The summed E-state index contributed by atoms with van der Waals surface area (Å²) in [5.74, 6) is -2.70. The number of hydrogen-bond donors (Lipinski definition) is 0. The second kappa shape index (κ2) is 10.4. The molecule has 1 saturated carbocycles. The normalized spacial score (nSPS) is 24.8. The predicted octanol–water partition coefficient (Wildman–Crippen LogP) is 4.05. The molecule has 2 saturated heterocycles. The van der Waals surface area contributed by atoms with E-state index in [0.29, 0.717) is 51.1 Å². The highest BCUT2D eigenvalue weighted by atomic mass is 19.4. The van der Waals surface area contributed by atoms with Gasteiger partial charge < -0.3 is 14.4 Å². The monoisotopic (exact) mass is 510 g/mol. The first kappa shape index (κ1) is 26.4. The van der Waals surface area contributed by atoms with Gasteiger partial charge in [0, 0.05) is 37.2 Å². The summed E-state index contributed by atoms with van der Waals surface area (Å²) in [5.41, 5.74) is 0.795. The molecular formula is C26H33F3N2O5. The van der Waals surface area contributed by atoms with Crippen molar-refractivity contribution in [3.8, 4) is 0 Å². The number of piperidine rings is 2. The SMILES string of the molecule is CCOC(=O)C1(c2ccc(C(=O)N3CCC(N4CCCC(C)C4OC(=O)C(F)(F)F)CC3)cc2)CC1. The number of benzene rings is 1. The molecule has 7 nitrogen and oxygen atoms in total. The van der Waals surface area contributed by atoms with Crippen molar-refractivity contribution in [1.82, 2.24) is 9.80 Å². The molecular weight excluding hydrogens is 477 g/mol. The number of hydrogen-bond acceptors (Lipinski definition) is 6. The highest BCUT2D eigenvalue weighted by molar-refractivity contribution is 5.95. The quantitative estimate of drug-likeness (QED) is 0.538. The number of carbonyl (C=O) groups excluding carboxylic acids is 3. The molecule has 1 aromatic rings. The van der Waals surface area contributed by atoms with Crippen molar-refractivity contribution in [2.24, 2.45) is 5.92 Å². The Morgan fingerprint density at radius 1 is 1.03 bits per heavy atom. The van der Waals surface area contributed by atoms with Crippen LogP contribution in [0.2, 0.25) is 0 Å². The fraction of sp³-hybridized carbons (Fsp3) is 0.654. The summed E-state index contributed by atoms with van der Waals surface area (Å²) in [6.45, 7) is 5.39. The first-order valence-corrected chi connectivity index (χ1v) is 12.7. The van der Waals surface area contributed by atoms with Crippen LogP contribution in [0.1, 0.15) is 68.3 Å². The molecule has 36 heavy (non-hydrogen) atoms. The zero-order chi connectivity index (χ0) is 26.1. The molecule has 198 valence electrons. The number of rotatable bonds is 6. The lowest BCUT2D eigenvalue weighted by molar-refractivity contribution is -0.222. The summed E-state index contributed by atoms with van der Waals surface area (Å²) in [7, 11) is 0. The molecule has 2 aliphatic heterocycles. The standard InChI is InChI=1S/C26H33F3N2O5/c1-3-35-23(33)25(12-13-25)19-8-6-18(7-9-19)21(32)30-15-10-20(11-16-30)31-14-4-5-17(2)22(31)36-24(34)26(27,28)29/h6-9,17,20,22H,3-5,10-16H2,1-2H3. The molecule has 0 bridgehead atoms. The number of alkyl halides is 3. The molecule has 2 atom stereocenters. The van der Waals surface area contributed by atoms with Gasteiger partial charge in [0.05, 0.1) is 12.0 Å². The van der Waals surface area contributed by atoms with Crippen molar-refractivity contribution in [3.63, 3.8) is 0 Å². The van der Waals surface area contributed by atoms with Gasteiger partial charge in [-0.1, -0.05) is 19.1 Å². The van der Waals surface area contributed by atoms with E-state index in [-0.39, 0.29) is 23.8 Å². The van der Waals surface area contributed by atoms with Crippen LogP contribution < -0.4 is 0 Å². The minimum atomic E-state index is -5.02. The number of ether oxygens (including phenoxy) is 2. The maximum atomic E-state index is 13.1. The van der Waals surface area contributed by atoms with Crippen molar-refractivity contribution < 1.29 is 37.0 Å². The molecule has 3 fully saturated rings. The molecule has 4 rings (SSSR count). The average Bonchev–Trinajstić information content (AvgIpc) is 3.67. The fourth-order valence-corrected chi connectivity index (χ4v) is 5.46. The second-order valence-electron chi connectivity index (χ2n) is 10.1. The van der Waals surface area contributed by atoms with Crippen LogP contribution >= 0.6 is 0 Å². The summed E-state index contributed by atoms with van der Waals surface area (Å²) >= 11 is 0. The van der Waals surface area contributed by atoms with Gasteiger partial charge in [-0.25, -0.2) is 4.79 Å². The highest BCUT2D eigenvalue weighted by Gasteiger charge is 2.52. The Balaban J connectivity index is 1.36. The van der Waals surface area contributed by atoms with Crippen LogP contribution in [0.5, 0.6) is 0 Å². The minimum Gasteiger partial charge on any atom is -0.465 e. The Morgan fingerprint density at radius 2 is 1.67 bits per heavy atom. The Morgan fingerprint density at radius 3 is 2.22 bits per heavy atom. The van der Waals surface area contributed by atoms with Gasteiger partial charge in [0.1, 0.15) is 0 Å². The number of esters is 2. The van der Waals surface area contributed by atoms with E-state index in [1.54, 1.807) is 30.9 Å². The largest absolute Gasteiger partial charge is 0.490 e. The number of carbonyl (C=O) groups is 3. The lowest BCUT2D eigenvalue weighted by Gasteiger charge is -2.46. The smallest absolute Gasteiger partial charge is 0.465 e. The molecule has 0 N–H and O–H groups in total. The summed E-state index contributed by atoms with van der Waals surface area (Å²) in [5, 5.41) is 0. The van der Waals surface area contributed by atoms with Crippen LogP contribution in [-0.4, -0.2) is 72.3 Å². The molecule has 0 spiro atoms. The molecule has 3 aliphatic rings. The fourth-order valence-electron chi connectivity index (χ4n) is 5.46. The Hall–Kier alpha value is -2.62. The van der Waals surface area contributed by atoms with Crippen molar-refractivity contribution in [2.75, 3.05) is 26.2 Å². The van der Waals surface area contributed by atoms with Crippen LogP contribution in [0, 0.1) is 5.92 Å². The van der Waals surface area contributed by atoms with E-state index in [2.05, 4.69) is 0 Å². The van der Waals surface area contributed by atoms with E-state index in [0.717, 1.165) is 24.8 Å². The van der Waals surface area contributed by atoms with E-state index < -0.39 is 23.8 Å². The van der Waals surface area contributed by atoms with Crippen LogP contribution in [0.4, 0.5) is 13.2 Å². The first-order valence-electron chi connectivity index (χ1n) is 12.7. The molecule has 1 aliphatic carbocycles. The number of halogens is 3. The maximum absolute atomic E-state index is 13.1. The van der Waals surface area contributed by atoms with Gasteiger partial charge in [-0.05, 0) is 63.1 Å². The van der Waals surface area contributed by atoms with Crippen LogP contribution in [0.25, 0.3) is 0 Å². The molecule has 0 aromatic heterocycles. The number of likely N-dealkylation sites (tertiary alicyclic amines) is 2. The van der Waals surface area contributed by atoms with Gasteiger partial charge in [0.25, 0.3) is 5.91 Å². The Bertz CT molecular complexity index is 969. The first-order chi connectivity index (χ1) is 17.1. The lowest BCUT2D eigenvalue weighted by Crippen LogP contribution is -2.56. The summed E-state index contributed by atoms with van der Waals surface area (Å²) in [4.78, 5) is 40.5. The average molecular weight is 511 g/mol. The number of nitrogens with zero attached hydrogens (tertiary/aromatic N) is 2. The van der Waals surface area contributed by atoms with E-state index in [1.807, 2.05) is 17.0 Å². The third-order valence-electron chi connectivity index (χ3n) is 7.67. The molecule has 1 amide bonds. The van der Waals surface area contributed by atoms with E-state index in [9.17, 15) is 27.6 Å². The van der Waals surface area contributed by atoms with Gasteiger partial charge in [-0.2, -0.15) is 13.2 Å². The topological polar surface area (TPSA) is 76.2 Å². The van der Waals surface area contributed by atoms with E-state index in [1.165, 1.54) is 0 Å². The molecule has 2 unspecified atom stereocenters. The summed E-state index contributed by atoms with van der Waals surface area (Å²) in [6, 6.07) is 7.05. The zero-order valence-electron chi connectivity index (χ0n) is 20.7. The third kappa shape index (κ3) is 5.38. The highest BCUT2D eigenvalue weighted by Crippen LogP contribution is 2.49. The Labute approximate surface area is 208 Å². The summed E-state index contributed by atoms with van der Waals surface area (Å²) in [6.07, 6.45) is -1.78. The molecule has 0 radical (unpaired) electrons. The zero-order valence-corrected chi connectivity index (χ0v) is 20.7. The van der Waals surface area contributed by atoms with Crippen molar-refractivity contribution in [2.45, 2.75) is 76.2 Å². The van der Waals surface area contributed by atoms with Crippen molar-refractivity contribution >= 4 is 17.8 Å². The molecule has 10 heteroatoms. The minimum absolute atomic E-state index is 0.0653. The van der Waals surface area contributed by atoms with Crippen LogP contribution in [0.3, 0.4) is 0 Å².